The molecule has 3 rings (SSSR count). The monoisotopic (exact) mass is 329 g/mol. The minimum absolute atomic E-state index is 0.122. The van der Waals surface area contributed by atoms with E-state index >= 15 is 0 Å². The number of aromatic nitrogens is 1. The summed E-state index contributed by atoms with van der Waals surface area (Å²) in [6.07, 6.45) is 4.69. The quantitative estimate of drug-likeness (QED) is 0.792. The van der Waals surface area contributed by atoms with Crippen molar-refractivity contribution in [3.05, 3.63) is 23.9 Å². The summed E-state index contributed by atoms with van der Waals surface area (Å²) in [5.74, 6) is 0.339. The highest BCUT2D eigenvalue weighted by atomic mass is 35.5. The van der Waals surface area contributed by atoms with Crippen LogP contribution in [0.15, 0.2) is 23.4 Å². The molecule has 3 heterocycles. The van der Waals surface area contributed by atoms with Gasteiger partial charge in [-0.25, -0.2) is 13.4 Å². The molecule has 116 valence electrons. The fraction of sp³-hybridized carbons (Fsp3) is 0.643. The maximum Gasteiger partial charge on any atom is 0.260 e. The lowest BCUT2D eigenvalue weighted by Gasteiger charge is -2.24. The molecular weight excluding hydrogens is 310 g/mol. The van der Waals surface area contributed by atoms with E-state index in [0.717, 1.165) is 18.4 Å². The molecule has 0 amide bonds. The maximum atomic E-state index is 12.7. The first-order valence-corrected chi connectivity index (χ1v) is 9.23. The molecule has 2 bridgehead atoms. The van der Waals surface area contributed by atoms with E-state index < -0.39 is 10.0 Å². The zero-order valence-corrected chi connectivity index (χ0v) is 13.6. The van der Waals surface area contributed by atoms with Crippen LogP contribution in [0.4, 0.5) is 0 Å². The first kappa shape index (κ1) is 15.2. The Morgan fingerprint density at radius 3 is 2.71 bits per heavy atom. The van der Waals surface area contributed by atoms with Crippen molar-refractivity contribution in [2.45, 2.75) is 42.3 Å². The maximum absolute atomic E-state index is 12.7. The zero-order chi connectivity index (χ0) is 15.0. The summed E-state index contributed by atoms with van der Waals surface area (Å²) < 4.78 is 27.1. The molecule has 2 atom stereocenters. The van der Waals surface area contributed by atoms with E-state index in [-0.39, 0.29) is 5.03 Å². The second kappa shape index (κ2) is 5.83. The van der Waals surface area contributed by atoms with E-state index in [1.165, 1.54) is 12.6 Å². The van der Waals surface area contributed by atoms with Crippen LogP contribution in [-0.4, -0.2) is 54.8 Å². The average molecular weight is 330 g/mol. The number of fused-ring (bicyclic) bond motifs is 2. The second-order valence-corrected chi connectivity index (χ2v) is 7.99. The first-order chi connectivity index (χ1) is 10.0. The number of rotatable bonds is 3. The van der Waals surface area contributed by atoms with Crippen molar-refractivity contribution in [1.82, 2.24) is 14.2 Å². The van der Waals surface area contributed by atoms with Gasteiger partial charge in [-0.05, 0) is 37.9 Å². The fourth-order valence-electron chi connectivity index (χ4n) is 3.27. The smallest absolute Gasteiger partial charge is 0.260 e. The van der Waals surface area contributed by atoms with E-state index in [9.17, 15) is 8.42 Å². The number of halogens is 1. The van der Waals surface area contributed by atoms with Gasteiger partial charge >= 0.3 is 0 Å². The molecule has 0 spiro atoms. The predicted molar refractivity (Wildman–Crippen MR) is 81.7 cm³/mol. The van der Waals surface area contributed by atoms with Gasteiger partial charge in [-0.15, -0.1) is 11.6 Å². The van der Waals surface area contributed by atoms with Gasteiger partial charge in [-0.2, -0.15) is 4.31 Å². The van der Waals surface area contributed by atoms with Crippen LogP contribution in [0, 0.1) is 0 Å². The van der Waals surface area contributed by atoms with E-state index in [4.69, 9.17) is 11.6 Å². The van der Waals surface area contributed by atoms with Crippen molar-refractivity contribution >= 4 is 21.6 Å². The Morgan fingerprint density at radius 1 is 1.29 bits per heavy atom. The van der Waals surface area contributed by atoms with Gasteiger partial charge in [-0.1, -0.05) is 6.07 Å². The van der Waals surface area contributed by atoms with Crippen molar-refractivity contribution in [2.24, 2.45) is 0 Å². The van der Waals surface area contributed by atoms with Crippen LogP contribution in [0.3, 0.4) is 0 Å². The number of sulfonamides is 1. The molecule has 1 aromatic rings. The summed E-state index contributed by atoms with van der Waals surface area (Å²) >= 11 is 5.72. The van der Waals surface area contributed by atoms with Crippen molar-refractivity contribution in [3.63, 3.8) is 0 Å². The van der Waals surface area contributed by atoms with Crippen LogP contribution in [0.25, 0.3) is 0 Å². The molecule has 0 aromatic carbocycles. The third-order valence-electron chi connectivity index (χ3n) is 4.67. The molecule has 7 heteroatoms. The SMILES string of the molecule is CN1C2CCC1CN(S(=O)(=O)c1ccc(CCl)cn1)CC2. The van der Waals surface area contributed by atoms with Gasteiger partial charge in [0.2, 0.25) is 0 Å². The predicted octanol–water partition coefficient (Wildman–Crippen LogP) is 1.68. The summed E-state index contributed by atoms with van der Waals surface area (Å²) in [4.78, 5) is 6.41. The van der Waals surface area contributed by atoms with Crippen molar-refractivity contribution in [2.75, 3.05) is 20.1 Å². The lowest BCUT2D eigenvalue weighted by atomic mass is 10.1. The molecule has 0 radical (unpaired) electrons. The van der Waals surface area contributed by atoms with E-state index in [1.54, 1.807) is 16.4 Å². The van der Waals surface area contributed by atoms with Crippen molar-refractivity contribution in [1.29, 1.82) is 0 Å². The van der Waals surface area contributed by atoms with Crippen molar-refractivity contribution in [3.8, 4) is 0 Å². The standard InChI is InChI=1S/C14H20ClN3O2S/c1-17-12-3-4-13(17)10-18(7-6-12)21(19,20)14-5-2-11(8-15)9-16-14/h2,5,9,12-13H,3-4,6-8,10H2,1H3. The number of hydrogen-bond donors (Lipinski definition) is 0. The Balaban J connectivity index is 1.84. The minimum Gasteiger partial charge on any atom is -0.299 e. The van der Waals surface area contributed by atoms with Gasteiger partial charge in [0, 0.05) is 37.3 Å². The zero-order valence-electron chi connectivity index (χ0n) is 12.1. The van der Waals surface area contributed by atoms with Gasteiger partial charge in [0.1, 0.15) is 0 Å². The minimum atomic E-state index is -3.50. The third-order valence-corrected chi connectivity index (χ3v) is 6.76. The van der Waals surface area contributed by atoms with Gasteiger partial charge in [0.25, 0.3) is 10.0 Å². The topological polar surface area (TPSA) is 53.5 Å². The second-order valence-electron chi connectivity index (χ2n) is 5.84. The first-order valence-electron chi connectivity index (χ1n) is 7.25. The van der Waals surface area contributed by atoms with Crippen LogP contribution in [0.5, 0.6) is 0 Å². The average Bonchev–Trinajstić information content (AvgIpc) is 2.71. The van der Waals surface area contributed by atoms with Gasteiger partial charge in [0.15, 0.2) is 5.03 Å². The molecule has 2 saturated heterocycles. The number of likely N-dealkylation sites (N-methyl/N-ethyl adjacent to an activating group) is 1. The molecule has 2 fully saturated rings. The number of hydrogen-bond acceptors (Lipinski definition) is 4. The van der Waals surface area contributed by atoms with Crippen LogP contribution < -0.4 is 0 Å². The van der Waals surface area contributed by atoms with Crippen LogP contribution >= 0.6 is 11.6 Å². The number of alkyl halides is 1. The van der Waals surface area contributed by atoms with Gasteiger partial charge in [-0.3, -0.25) is 4.90 Å². The van der Waals surface area contributed by atoms with Gasteiger partial charge < -0.3 is 0 Å². The molecule has 1 aromatic heterocycles. The normalized spacial score (nSPS) is 27.7. The summed E-state index contributed by atoms with van der Waals surface area (Å²) in [6.45, 7) is 1.14. The molecule has 0 aliphatic carbocycles. The Labute approximate surface area is 131 Å². The molecule has 0 N–H and O–H groups in total. The highest BCUT2D eigenvalue weighted by Gasteiger charge is 2.38. The van der Waals surface area contributed by atoms with E-state index in [1.807, 2.05) is 0 Å². The lowest BCUT2D eigenvalue weighted by Crippen LogP contribution is -2.39. The number of nitrogens with zero attached hydrogens (tertiary/aromatic N) is 3. The summed E-state index contributed by atoms with van der Waals surface area (Å²) in [5, 5.41) is 0.122. The Morgan fingerprint density at radius 2 is 2.05 bits per heavy atom. The highest BCUT2D eigenvalue weighted by molar-refractivity contribution is 7.89. The van der Waals surface area contributed by atoms with Crippen LogP contribution in [0.1, 0.15) is 24.8 Å². The van der Waals surface area contributed by atoms with Crippen LogP contribution in [0.2, 0.25) is 0 Å². The lowest BCUT2D eigenvalue weighted by molar-refractivity contribution is 0.246. The third kappa shape index (κ3) is 2.82. The summed E-state index contributed by atoms with van der Waals surface area (Å²) in [7, 11) is -1.40. The Bertz CT molecular complexity index is 605. The molecule has 2 unspecified atom stereocenters. The highest BCUT2D eigenvalue weighted by Crippen LogP contribution is 2.30. The van der Waals surface area contributed by atoms with E-state index in [0.29, 0.717) is 31.1 Å². The summed E-state index contributed by atoms with van der Waals surface area (Å²) in [6, 6.07) is 4.12. The van der Waals surface area contributed by atoms with Crippen LogP contribution in [-0.2, 0) is 15.9 Å². The summed E-state index contributed by atoms with van der Waals surface area (Å²) in [5.41, 5.74) is 0.824. The molecule has 21 heavy (non-hydrogen) atoms. The molecule has 2 aliphatic heterocycles. The number of pyridine rings is 1. The largest absolute Gasteiger partial charge is 0.299 e. The van der Waals surface area contributed by atoms with Crippen molar-refractivity contribution < 1.29 is 8.42 Å². The van der Waals surface area contributed by atoms with Gasteiger partial charge in [0.05, 0.1) is 0 Å². The molecule has 0 saturated carbocycles. The Kier molecular flexibility index (Phi) is 4.23. The Hall–Kier alpha value is -0.690. The molecule has 5 nitrogen and oxygen atoms in total. The molecule has 2 aliphatic rings. The molecular formula is C14H20ClN3O2S. The fourth-order valence-corrected chi connectivity index (χ4v) is 4.83. The van der Waals surface area contributed by atoms with E-state index in [2.05, 4.69) is 16.9 Å².